The Balaban J connectivity index is 1.87. The molecule has 0 unspecified atom stereocenters. The zero-order chi connectivity index (χ0) is 15.8. The largest absolute Gasteiger partial charge is 0.357 e. The van der Waals surface area contributed by atoms with Gasteiger partial charge in [-0.05, 0) is 38.8 Å². The Bertz CT molecular complexity index is 587. The van der Waals surface area contributed by atoms with Crippen molar-refractivity contribution >= 4 is 17.3 Å². The normalized spacial score (nSPS) is 11.5. The monoisotopic (exact) mass is 317 g/mol. The van der Waals surface area contributed by atoms with Crippen molar-refractivity contribution < 1.29 is 0 Å². The highest BCUT2D eigenvalue weighted by atomic mass is 32.1. The van der Waals surface area contributed by atoms with E-state index in [2.05, 4.69) is 45.5 Å². The van der Waals surface area contributed by atoms with E-state index in [-0.39, 0.29) is 0 Å². The molecule has 0 atom stereocenters. The van der Waals surface area contributed by atoms with Gasteiger partial charge in [0.2, 0.25) is 0 Å². The van der Waals surface area contributed by atoms with Gasteiger partial charge < -0.3 is 10.6 Å². The number of aryl methyl sites for hydroxylation is 2. The third kappa shape index (κ3) is 5.11. The van der Waals surface area contributed by atoms with E-state index in [0.717, 1.165) is 36.2 Å². The topological polar surface area (TPSA) is 62.2 Å². The van der Waals surface area contributed by atoms with Crippen molar-refractivity contribution in [2.24, 2.45) is 4.99 Å². The fraction of sp³-hybridized carbons (Fsp3) is 0.438. The number of guanidine groups is 1. The molecule has 2 aromatic heterocycles. The predicted molar refractivity (Wildman–Crippen MR) is 92.3 cm³/mol. The van der Waals surface area contributed by atoms with Gasteiger partial charge in [0.25, 0.3) is 0 Å². The van der Waals surface area contributed by atoms with Crippen LogP contribution in [0.4, 0.5) is 0 Å². The summed E-state index contributed by atoms with van der Waals surface area (Å²) in [5.74, 6) is 0.830. The molecule has 2 rings (SSSR count). The van der Waals surface area contributed by atoms with Crippen molar-refractivity contribution in [3.63, 3.8) is 0 Å². The highest BCUT2D eigenvalue weighted by Crippen LogP contribution is 2.16. The minimum Gasteiger partial charge on any atom is -0.357 e. The molecule has 0 aromatic carbocycles. The quantitative estimate of drug-likeness (QED) is 0.634. The van der Waals surface area contributed by atoms with Gasteiger partial charge >= 0.3 is 0 Å². The molecule has 0 radical (unpaired) electrons. The molecular formula is C16H23N5S. The van der Waals surface area contributed by atoms with Crippen LogP contribution in [-0.4, -0.2) is 29.0 Å². The minimum absolute atomic E-state index is 0.613. The van der Waals surface area contributed by atoms with Gasteiger partial charge in [-0.25, -0.2) is 9.98 Å². The highest BCUT2D eigenvalue weighted by Gasteiger charge is 2.03. The van der Waals surface area contributed by atoms with Crippen LogP contribution in [0.25, 0.3) is 0 Å². The van der Waals surface area contributed by atoms with Crippen LogP contribution < -0.4 is 10.6 Å². The number of aromatic nitrogens is 2. The van der Waals surface area contributed by atoms with Crippen molar-refractivity contribution in [1.29, 1.82) is 0 Å². The molecule has 5 nitrogen and oxygen atoms in total. The van der Waals surface area contributed by atoms with Crippen LogP contribution in [0.5, 0.6) is 0 Å². The zero-order valence-corrected chi connectivity index (χ0v) is 14.2. The molecule has 2 aromatic rings. The van der Waals surface area contributed by atoms with E-state index in [1.807, 2.05) is 19.2 Å². The van der Waals surface area contributed by atoms with Crippen LogP contribution in [0.1, 0.15) is 28.1 Å². The molecule has 0 aliphatic carbocycles. The lowest BCUT2D eigenvalue weighted by Crippen LogP contribution is -2.38. The van der Waals surface area contributed by atoms with Crippen molar-refractivity contribution in [2.45, 2.75) is 33.7 Å². The van der Waals surface area contributed by atoms with E-state index in [1.165, 1.54) is 10.4 Å². The average molecular weight is 317 g/mol. The molecule has 0 spiro atoms. The van der Waals surface area contributed by atoms with Gasteiger partial charge in [-0.3, -0.25) is 4.98 Å². The molecule has 0 saturated heterocycles. The molecule has 22 heavy (non-hydrogen) atoms. The van der Waals surface area contributed by atoms with E-state index >= 15 is 0 Å². The summed E-state index contributed by atoms with van der Waals surface area (Å²) >= 11 is 1.71. The fourth-order valence-corrected chi connectivity index (χ4v) is 2.82. The van der Waals surface area contributed by atoms with E-state index < -0.39 is 0 Å². The van der Waals surface area contributed by atoms with Gasteiger partial charge in [0, 0.05) is 30.4 Å². The van der Waals surface area contributed by atoms with E-state index in [9.17, 15) is 0 Å². The Kier molecular flexibility index (Phi) is 6.33. The number of pyridine rings is 1. The molecular weight excluding hydrogens is 294 g/mol. The maximum Gasteiger partial charge on any atom is 0.191 e. The average Bonchev–Trinajstić information content (AvgIpc) is 2.84. The van der Waals surface area contributed by atoms with Crippen molar-refractivity contribution in [2.75, 3.05) is 13.1 Å². The molecule has 0 bridgehead atoms. The second-order valence-electron chi connectivity index (χ2n) is 4.98. The zero-order valence-electron chi connectivity index (χ0n) is 13.4. The van der Waals surface area contributed by atoms with Gasteiger partial charge in [0.15, 0.2) is 5.96 Å². The van der Waals surface area contributed by atoms with Gasteiger partial charge in [-0.15, -0.1) is 11.3 Å². The Morgan fingerprint density at radius 1 is 1.32 bits per heavy atom. The highest BCUT2D eigenvalue weighted by molar-refractivity contribution is 7.11. The fourth-order valence-electron chi connectivity index (χ4n) is 1.97. The van der Waals surface area contributed by atoms with Gasteiger partial charge in [0.1, 0.15) is 5.01 Å². The van der Waals surface area contributed by atoms with Gasteiger partial charge in [-0.2, -0.15) is 0 Å². The standard InChI is InChI=1S/C16H23N5S/c1-4-18-16(19-9-7-14-6-5-8-17-10-14)20-11-15-21-12(2)13(3)22-15/h5-6,8,10H,4,7,9,11H2,1-3H3,(H2,18,19,20). The molecule has 6 heteroatoms. The first kappa shape index (κ1) is 16.4. The van der Waals surface area contributed by atoms with E-state index in [4.69, 9.17) is 0 Å². The third-order valence-electron chi connectivity index (χ3n) is 3.22. The molecule has 2 heterocycles. The minimum atomic E-state index is 0.613. The smallest absolute Gasteiger partial charge is 0.191 e. The van der Waals surface area contributed by atoms with Gasteiger partial charge in [0.05, 0.1) is 12.2 Å². The summed E-state index contributed by atoms with van der Waals surface area (Å²) in [5.41, 5.74) is 2.32. The number of hydrogen-bond acceptors (Lipinski definition) is 4. The first-order chi connectivity index (χ1) is 10.7. The van der Waals surface area contributed by atoms with Crippen LogP contribution in [0.3, 0.4) is 0 Å². The number of rotatable bonds is 6. The summed E-state index contributed by atoms with van der Waals surface area (Å²) in [7, 11) is 0. The van der Waals surface area contributed by atoms with Crippen LogP contribution in [-0.2, 0) is 13.0 Å². The van der Waals surface area contributed by atoms with Crippen LogP contribution in [0, 0.1) is 13.8 Å². The van der Waals surface area contributed by atoms with Crippen LogP contribution >= 0.6 is 11.3 Å². The molecule has 0 fully saturated rings. The Hall–Kier alpha value is -1.95. The first-order valence-electron chi connectivity index (χ1n) is 7.53. The maximum absolute atomic E-state index is 4.60. The Labute approximate surface area is 135 Å². The van der Waals surface area contributed by atoms with Crippen LogP contribution in [0.2, 0.25) is 0 Å². The lowest BCUT2D eigenvalue weighted by Gasteiger charge is -2.10. The third-order valence-corrected chi connectivity index (χ3v) is 4.28. The van der Waals surface area contributed by atoms with Gasteiger partial charge in [-0.1, -0.05) is 6.07 Å². The second-order valence-corrected chi connectivity index (χ2v) is 6.27. The number of thiazole rings is 1. The second kappa shape index (κ2) is 8.48. The molecule has 2 N–H and O–H groups in total. The molecule has 0 saturated carbocycles. The summed E-state index contributed by atoms with van der Waals surface area (Å²) in [6.07, 6.45) is 4.61. The number of nitrogens with zero attached hydrogens (tertiary/aromatic N) is 3. The summed E-state index contributed by atoms with van der Waals surface area (Å²) < 4.78 is 0. The summed E-state index contributed by atoms with van der Waals surface area (Å²) in [4.78, 5) is 14.5. The molecule has 0 aliphatic heterocycles. The predicted octanol–water partition coefficient (Wildman–Crippen LogP) is 2.45. The summed E-state index contributed by atoms with van der Waals surface area (Å²) in [6, 6.07) is 4.04. The Morgan fingerprint density at radius 3 is 2.82 bits per heavy atom. The SMILES string of the molecule is CCNC(=NCc1nc(C)c(C)s1)NCCc1cccnc1. The van der Waals surface area contributed by atoms with Crippen molar-refractivity contribution in [3.05, 3.63) is 45.7 Å². The van der Waals surface area contributed by atoms with Crippen molar-refractivity contribution in [3.8, 4) is 0 Å². The molecule has 0 aliphatic rings. The molecule has 118 valence electrons. The summed E-state index contributed by atoms with van der Waals surface area (Å²) in [5, 5.41) is 7.66. The number of hydrogen-bond donors (Lipinski definition) is 2. The van der Waals surface area contributed by atoms with Crippen molar-refractivity contribution in [1.82, 2.24) is 20.6 Å². The van der Waals surface area contributed by atoms with E-state index in [0.29, 0.717) is 6.54 Å². The number of aliphatic imine (C=N–C) groups is 1. The Morgan fingerprint density at radius 2 is 2.18 bits per heavy atom. The lowest BCUT2D eigenvalue weighted by molar-refractivity contribution is 0.797. The maximum atomic E-state index is 4.60. The van der Waals surface area contributed by atoms with Crippen LogP contribution in [0.15, 0.2) is 29.5 Å². The number of nitrogens with one attached hydrogen (secondary N) is 2. The van der Waals surface area contributed by atoms with E-state index in [1.54, 1.807) is 17.5 Å². The summed E-state index contributed by atoms with van der Waals surface area (Å²) in [6.45, 7) is 8.48. The lowest BCUT2D eigenvalue weighted by atomic mass is 10.2. The molecule has 0 amide bonds. The first-order valence-corrected chi connectivity index (χ1v) is 8.34.